The molecule has 0 fully saturated rings. The Morgan fingerprint density at radius 1 is 0.978 bits per heavy atom. The molecule has 0 saturated carbocycles. The van der Waals surface area contributed by atoms with Crippen molar-refractivity contribution in [3.05, 3.63) is 114 Å². The number of carbonyl (C=O) groups is 3. The number of benzene rings is 3. The summed E-state index contributed by atoms with van der Waals surface area (Å²) >= 11 is 0. The third kappa shape index (κ3) is 7.59. The molecule has 0 saturated heterocycles. The number of aromatic amines is 1. The van der Waals surface area contributed by atoms with Gasteiger partial charge in [0.25, 0.3) is 5.91 Å². The van der Waals surface area contributed by atoms with Gasteiger partial charge < -0.3 is 31.1 Å². The third-order valence-electron chi connectivity index (χ3n) is 7.75. The molecule has 4 aromatic rings. The van der Waals surface area contributed by atoms with Gasteiger partial charge in [0, 0.05) is 34.7 Å². The number of anilines is 4. The second-order valence-corrected chi connectivity index (χ2v) is 11.7. The molecule has 0 radical (unpaired) electrons. The van der Waals surface area contributed by atoms with Crippen LogP contribution in [0.15, 0.2) is 91.5 Å². The minimum absolute atomic E-state index is 0. The van der Waals surface area contributed by atoms with Crippen LogP contribution in [0.1, 0.15) is 47.1 Å². The van der Waals surface area contributed by atoms with E-state index in [1.165, 1.54) is 6.08 Å². The van der Waals surface area contributed by atoms with Crippen LogP contribution in [0.3, 0.4) is 0 Å². The van der Waals surface area contributed by atoms with Crippen molar-refractivity contribution in [3.8, 4) is 0 Å². The van der Waals surface area contributed by atoms with Crippen molar-refractivity contribution in [1.29, 1.82) is 0 Å². The number of amides is 4. The molecular formula is C34H40N8O3S. The van der Waals surface area contributed by atoms with E-state index in [2.05, 4.69) is 42.9 Å². The zero-order chi connectivity index (χ0) is 32.1. The van der Waals surface area contributed by atoms with Crippen LogP contribution in [0.5, 0.6) is 0 Å². The highest BCUT2D eigenvalue weighted by Crippen LogP contribution is 2.41. The van der Waals surface area contributed by atoms with Gasteiger partial charge in [-0.1, -0.05) is 43.0 Å². The normalized spacial score (nSPS) is 13.6. The number of urea groups is 1. The first-order valence-electron chi connectivity index (χ1n) is 14.6. The molecule has 0 aliphatic carbocycles. The lowest BCUT2D eigenvalue weighted by atomic mass is 10.0. The molecule has 240 valence electrons. The molecule has 0 spiro atoms. The summed E-state index contributed by atoms with van der Waals surface area (Å²) in [4.78, 5) is 41.9. The highest BCUT2D eigenvalue weighted by Gasteiger charge is 2.44. The number of nitrogens with one attached hydrogen (secondary N) is 5. The Bertz CT molecular complexity index is 1700. The minimum atomic E-state index is -0.619. The van der Waals surface area contributed by atoms with Crippen LogP contribution in [-0.4, -0.2) is 58.5 Å². The summed E-state index contributed by atoms with van der Waals surface area (Å²) in [5.41, 5.74) is 4.51. The van der Waals surface area contributed by atoms with E-state index in [1.807, 2.05) is 81.4 Å². The summed E-state index contributed by atoms with van der Waals surface area (Å²) in [6.07, 6.45) is 1.18. The summed E-state index contributed by atoms with van der Waals surface area (Å²) in [6, 6.07) is 23.5. The fourth-order valence-corrected chi connectivity index (χ4v) is 5.37. The van der Waals surface area contributed by atoms with E-state index in [1.54, 1.807) is 30.3 Å². The predicted octanol–water partition coefficient (Wildman–Crippen LogP) is 5.71. The summed E-state index contributed by atoms with van der Waals surface area (Å²) in [6.45, 7) is 8.47. The lowest BCUT2D eigenvalue weighted by Crippen LogP contribution is -2.48. The van der Waals surface area contributed by atoms with Gasteiger partial charge in [-0.2, -0.15) is 18.6 Å². The molecule has 1 aromatic heterocycles. The zero-order valence-corrected chi connectivity index (χ0v) is 27.3. The van der Waals surface area contributed by atoms with Crippen molar-refractivity contribution in [1.82, 2.24) is 25.3 Å². The molecule has 5 N–H and O–H groups in total. The Balaban J connectivity index is 0.00000480. The van der Waals surface area contributed by atoms with Crippen molar-refractivity contribution < 1.29 is 14.4 Å². The SMILES string of the molecule is C=CC(=O)Nc1ccc(C(=O)Nc2cccc(Nc3n[nH]c4c3CN(C(=O)N[C@H](CN(C)C)c3ccccc3)C4(C)C)c2)cc1.S. The van der Waals surface area contributed by atoms with Crippen molar-refractivity contribution in [3.63, 3.8) is 0 Å². The molecule has 3 aromatic carbocycles. The quantitative estimate of drug-likeness (QED) is 0.141. The highest BCUT2D eigenvalue weighted by molar-refractivity contribution is 7.59. The van der Waals surface area contributed by atoms with E-state index in [0.717, 1.165) is 22.5 Å². The van der Waals surface area contributed by atoms with E-state index in [9.17, 15) is 14.4 Å². The predicted molar refractivity (Wildman–Crippen MR) is 187 cm³/mol. The summed E-state index contributed by atoms with van der Waals surface area (Å²) in [5.74, 6) is -0.00175. The molecule has 11 nitrogen and oxygen atoms in total. The van der Waals surface area contributed by atoms with Gasteiger partial charge in [-0.25, -0.2) is 4.79 Å². The van der Waals surface area contributed by atoms with Gasteiger partial charge in [0.15, 0.2) is 5.82 Å². The molecule has 12 heteroatoms. The Morgan fingerprint density at radius 3 is 2.35 bits per heavy atom. The number of hydrogen-bond donors (Lipinski definition) is 5. The highest BCUT2D eigenvalue weighted by atomic mass is 32.1. The first-order valence-corrected chi connectivity index (χ1v) is 14.6. The van der Waals surface area contributed by atoms with Gasteiger partial charge in [0.2, 0.25) is 5.91 Å². The number of H-pyrrole nitrogens is 1. The standard InChI is InChI=1S/C34H38N8O3.H2S/c1-6-29(43)35-24-17-15-23(16-18-24)32(44)37-26-14-10-13-25(19-26)36-31-27-20-42(34(2,3)30(27)39-40-31)33(45)38-28(21-41(4)5)22-11-8-7-9-12-22;/h6-19,28H,1,20-21H2,2-5H3,(H,35,43)(H,37,44)(H,38,45)(H2,36,39,40);1H2/t28-;/m1./s1. The zero-order valence-electron chi connectivity index (χ0n) is 26.3. The fourth-order valence-electron chi connectivity index (χ4n) is 5.37. The van der Waals surface area contributed by atoms with Crippen LogP contribution in [-0.2, 0) is 16.9 Å². The van der Waals surface area contributed by atoms with E-state index in [4.69, 9.17) is 0 Å². The number of carbonyl (C=O) groups excluding carboxylic acids is 3. The number of nitrogens with zero attached hydrogens (tertiary/aromatic N) is 3. The molecule has 4 amide bonds. The third-order valence-corrected chi connectivity index (χ3v) is 7.75. The van der Waals surface area contributed by atoms with Crippen LogP contribution >= 0.6 is 13.5 Å². The number of hydrogen-bond acceptors (Lipinski definition) is 6. The Hall–Kier alpha value is -5.07. The maximum Gasteiger partial charge on any atom is 0.319 e. The van der Waals surface area contributed by atoms with Gasteiger partial charge >= 0.3 is 6.03 Å². The molecule has 5 rings (SSSR count). The number of likely N-dealkylation sites (N-methyl/N-ethyl adjacent to an activating group) is 1. The topological polar surface area (TPSA) is 134 Å². The molecular weight excluding hydrogens is 600 g/mol. The van der Waals surface area contributed by atoms with Crippen LogP contribution < -0.4 is 21.3 Å². The second-order valence-electron chi connectivity index (χ2n) is 11.7. The Labute approximate surface area is 275 Å². The first kappa shape index (κ1) is 33.8. The van der Waals surface area contributed by atoms with E-state index < -0.39 is 5.54 Å². The smallest absolute Gasteiger partial charge is 0.319 e. The maximum atomic E-state index is 13.7. The number of aromatic nitrogens is 2. The molecule has 2 heterocycles. The van der Waals surface area contributed by atoms with Crippen LogP contribution in [0.4, 0.5) is 27.7 Å². The van der Waals surface area contributed by atoms with Gasteiger partial charge in [-0.3, -0.25) is 14.7 Å². The minimum Gasteiger partial charge on any atom is -0.338 e. The molecule has 1 atom stereocenters. The summed E-state index contributed by atoms with van der Waals surface area (Å²) < 4.78 is 0. The average molecular weight is 641 g/mol. The number of fused-ring (bicyclic) bond motifs is 1. The lowest BCUT2D eigenvalue weighted by molar-refractivity contribution is -0.111. The number of rotatable bonds is 10. The molecule has 1 aliphatic heterocycles. The van der Waals surface area contributed by atoms with Crippen LogP contribution in [0, 0.1) is 0 Å². The Morgan fingerprint density at radius 2 is 1.67 bits per heavy atom. The van der Waals surface area contributed by atoms with E-state index >= 15 is 0 Å². The van der Waals surface area contributed by atoms with Crippen molar-refractivity contribution in [2.24, 2.45) is 0 Å². The van der Waals surface area contributed by atoms with Gasteiger partial charge in [0.05, 0.1) is 23.8 Å². The molecule has 1 aliphatic rings. The van der Waals surface area contributed by atoms with Crippen LogP contribution in [0.25, 0.3) is 0 Å². The van der Waals surface area contributed by atoms with Crippen molar-refractivity contribution in [2.75, 3.05) is 36.6 Å². The average Bonchev–Trinajstić information content (AvgIpc) is 3.54. The monoisotopic (exact) mass is 640 g/mol. The first-order chi connectivity index (χ1) is 21.5. The van der Waals surface area contributed by atoms with Crippen molar-refractivity contribution >= 4 is 54.2 Å². The van der Waals surface area contributed by atoms with Crippen LogP contribution in [0.2, 0.25) is 0 Å². The van der Waals surface area contributed by atoms with Gasteiger partial charge in [0.1, 0.15) is 0 Å². The Kier molecular flexibility index (Phi) is 10.6. The van der Waals surface area contributed by atoms with Gasteiger partial charge in [-0.15, -0.1) is 0 Å². The van der Waals surface area contributed by atoms with Gasteiger partial charge in [-0.05, 0) is 82.0 Å². The summed E-state index contributed by atoms with van der Waals surface area (Å²) in [7, 11) is 3.98. The molecule has 0 bridgehead atoms. The second kappa shape index (κ2) is 14.4. The van der Waals surface area contributed by atoms with E-state index in [-0.39, 0.29) is 37.4 Å². The van der Waals surface area contributed by atoms with E-state index in [0.29, 0.717) is 35.8 Å². The molecule has 46 heavy (non-hydrogen) atoms. The largest absolute Gasteiger partial charge is 0.338 e. The fraction of sp³-hybridized carbons (Fsp3) is 0.235. The van der Waals surface area contributed by atoms with Crippen molar-refractivity contribution in [2.45, 2.75) is 32.0 Å². The maximum absolute atomic E-state index is 13.7. The summed E-state index contributed by atoms with van der Waals surface area (Å²) in [5, 5.41) is 19.8. The lowest BCUT2D eigenvalue weighted by Gasteiger charge is -2.34. The molecule has 0 unspecified atom stereocenters.